The van der Waals surface area contributed by atoms with E-state index in [-0.39, 0.29) is 11.9 Å². The van der Waals surface area contributed by atoms with Crippen LogP contribution in [-0.4, -0.2) is 22.3 Å². The van der Waals surface area contributed by atoms with Crippen LogP contribution in [0.2, 0.25) is 0 Å². The van der Waals surface area contributed by atoms with Gasteiger partial charge in [-0.3, -0.25) is 4.79 Å². The van der Waals surface area contributed by atoms with Crippen molar-refractivity contribution in [2.75, 3.05) is 6.54 Å². The number of oxazole rings is 1. The van der Waals surface area contributed by atoms with E-state index in [9.17, 15) is 4.79 Å². The highest BCUT2D eigenvalue weighted by atomic mass is 16.4. The summed E-state index contributed by atoms with van der Waals surface area (Å²) in [6, 6.07) is 20.4. The molecule has 4 heteroatoms. The molecule has 1 atom stereocenters. The standard InChI is InChI=1S/C22H22N2O2/c25-22(24-15-7-12-19(24)17-8-3-1-4-9-17)14-13-21-23-16-20(26-21)18-10-5-2-6-11-18/h1-6,8-11,16,19H,7,12-15H2. The van der Waals surface area contributed by atoms with Crippen molar-refractivity contribution in [2.24, 2.45) is 0 Å². The second-order valence-corrected chi connectivity index (χ2v) is 6.64. The lowest BCUT2D eigenvalue weighted by molar-refractivity contribution is -0.132. The Balaban J connectivity index is 1.39. The fourth-order valence-electron chi connectivity index (χ4n) is 3.61. The topological polar surface area (TPSA) is 46.3 Å². The predicted molar refractivity (Wildman–Crippen MR) is 100 cm³/mol. The molecule has 1 fully saturated rings. The van der Waals surface area contributed by atoms with Crippen LogP contribution in [0.5, 0.6) is 0 Å². The van der Waals surface area contributed by atoms with Crippen LogP contribution in [0.3, 0.4) is 0 Å². The van der Waals surface area contributed by atoms with E-state index in [1.807, 2.05) is 53.4 Å². The Bertz CT molecular complexity index is 858. The van der Waals surface area contributed by atoms with E-state index >= 15 is 0 Å². The summed E-state index contributed by atoms with van der Waals surface area (Å²) in [6.07, 6.45) is 4.79. The van der Waals surface area contributed by atoms with E-state index in [1.165, 1.54) is 5.56 Å². The van der Waals surface area contributed by atoms with E-state index in [4.69, 9.17) is 4.42 Å². The third-order valence-electron chi connectivity index (χ3n) is 4.92. The average molecular weight is 346 g/mol. The summed E-state index contributed by atoms with van der Waals surface area (Å²) in [6.45, 7) is 0.833. The first-order valence-electron chi connectivity index (χ1n) is 9.16. The number of carbonyl (C=O) groups is 1. The van der Waals surface area contributed by atoms with Crippen molar-refractivity contribution in [1.82, 2.24) is 9.88 Å². The Kier molecular flexibility index (Phi) is 4.82. The molecular weight excluding hydrogens is 324 g/mol. The van der Waals surface area contributed by atoms with Crippen molar-refractivity contribution in [3.8, 4) is 11.3 Å². The number of aryl methyl sites for hydroxylation is 1. The first kappa shape index (κ1) is 16.6. The van der Waals surface area contributed by atoms with Crippen molar-refractivity contribution in [2.45, 2.75) is 31.7 Å². The molecule has 0 spiro atoms. The maximum Gasteiger partial charge on any atom is 0.223 e. The molecule has 4 rings (SSSR count). The zero-order valence-corrected chi connectivity index (χ0v) is 14.7. The number of carbonyl (C=O) groups excluding carboxylic acids is 1. The van der Waals surface area contributed by atoms with Gasteiger partial charge in [-0.25, -0.2) is 4.98 Å². The Hall–Kier alpha value is -2.88. The molecule has 1 amide bonds. The average Bonchev–Trinajstić information content (AvgIpc) is 3.37. The van der Waals surface area contributed by atoms with E-state index in [1.54, 1.807) is 6.20 Å². The van der Waals surface area contributed by atoms with E-state index in [0.717, 1.165) is 30.7 Å². The van der Waals surface area contributed by atoms with E-state index in [2.05, 4.69) is 17.1 Å². The summed E-state index contributed by atoms with van der Waals surface area (Å²) in [4.78, 5) is 19.1. The molecule has 0 N–H and O–H groups in total. The third-order valence-corrected chi connectivity index (χ3v) is 4.92. The smallest absolute Gasteiger partial charge is 0.223 e. The summed E-state index contributed by atoms with van der Waals surface area (Å²) in [5, 5.41) is 0. The van der Waals surface area contributed by atoms with Gasteiger partial charge in [-0.2, -0.15) is 0 Å². The molecule has 4 nitrogen and oxygen atoms in total. The van der Waals surface area contributed by atoms with Crippen molar-refractivity contribution < 1.29 is 9.21 Å². The van der Waals surface area contributed by atoms with Gasteiger partial charge in [0.25, 0.3) is 0 Å². The van der Waals surface area contributed by atoms with Crippen molar-refractivity contribution in [3.05, 3.63) is 78.3 Å². The third kappa shape index (κ3) is 3.54. The minimum absolute atomic E-state index is 0.177. The first-order valence-corrected chi connectivity index (χ1v) is 9.16. The second-order valence-electron chi connectivity index (χ2n) is 6.64. The van der Waals surface area contributed by atoms with Crippen molar-refractivity contribution in [1.29, 1.82) is 0 Å². The molecule has 2 aromatic carbocycles. The maximum atomic E-state index is 12.7. The van der Waals surface area contributed by atoms with Gasteiger partial charge in [-0.15, -0.1) is 0 Å². The van der Waals surface area contributed by atoms with Crippen LogP contribution in [0, 0.1) is 0 Å². The van der Waals surface area contributed by atoms with Gasteiger partial charge in [0, 0.05) is 24.9 Å². The van der Waals surface area contributed by atoms with Gasteiger partial charge in [-0.05, 0) is 18.4 Å². The van der Waals surface area contributed by atoms with Crippen LogP contribution in [-0.2, 0) is 11.2 Å². The molecule has 1 saturated heterocycles. The summed E-state index contributed by atoms with van der Waals surface area (Å²) >= 11 is 0. The molecule has 1 aliphatic rings. The number of benzene rings is 2. The zero-order chi connectivity index (χ0) is 17.8. The number of rotatable bonds is 5. The highest BCUT2D eigenvalue weighted by Crippen LogP contribution is 2.32. The summed E-state index contributed by atoms with van der Waals surface area (Å²) in [5.74, 6) is 1.54. The molecule has 0 saturated carbocycles. The molecule has 26 heavy (non-hydrogen) atoms. The Morgan fingerprint density at radius 3 is 2.58 bits per heavy atom. The molecule has 1 unspecified atom stereocenters. The Morgan fingerprint density at radius 1 is 1.08 bits per heavy atom. The highest BCUT2D eigenvalue weighted by molar-refractivity contribution is 5.77. The van der Waals surface area contributed by atoms with Gasteiger partial charge < -0.3 is 9.32 Å². The van der Waals surface area contributed by atoms with Gasteiger partial charge in [0.2, 0.25) is 5.91 Å². The largest absolute Gasteiger partial charge is 0.441 e. The Labute approximate surface area is 153 Å². The SMILES string of the molecule is O=C(CCc1ncc(-c2ccccc2)o1)N1CCCC1c1ccccc1. The first-order chi connectivity index (χ1) is 12.8. The fraction of sp³-hybridized carbons (Fsp3) is 0.273. The number of amides is 1. The van der Waals surface area contributed by atoms with Gasteiger partial charge in [0.1, 0.15) is 0 Å². The van der Waals surface area contributed by atoms with Crippen molar-refractivity contribution >= 4 is 5.91 Å². The summed E-state index contributed by atoms with van der Waals surface area (Å²) < 4.78 is 5.81. The van der Waals surface area contributed by atoms with Crippen molar-refractivity contribution in [3.63, 3.8) is 0 Å². The fourth-order valence-corrected chi connectivity index (χ4v) is 3.61. The lowest BCUT2D eigenvalue weighted by atomic mass is 10.0. The van der Waals surface area contributed by atoms with Crippen LogP contribution in [0.1, 0.15) is 36.8 Å². The minimum Gasteiger partial charge on any atom is -0.441 e. The molecule has 0 radical (unpaired) electrons. The van der Waals surface area contributed by atoms with Gasteiger partial charge in [-0.1, -0.05) is 60.7 Å². The molecule has 3 aromatic rings. The number of hydrogen-bond donors (Lipinski definition) is 0. The molecule has 1 aliphatic heterocycles. The van der Waals surface area contributed by atoms with Crippen LogP contribution in [0.15, 0.2) is 71.3 Å². The van der Waals surface area contributed by atoms with E-state index < -0.39 is 0 Å². The van der Waals surface area contributed by atoms with Gasteiger partial charge >= 0.3 is 0 Å². The highest BCUT2D eigenvalue weighted by Gasteiger charge is 2.29. The van der Waals surface area contributed by atoms with Gasteiger partial charge in [0.05, 0.1) is 12.2 Å². The van der Waals surface area contributed by atoms with Crippen LogP contribution in [0.25, 0.3) is 11.3 Å². The molecule has 132 valence electrons. The van der Waals surface area contributed by atoms with Gasteiger partial charge in [0.15, 0.2) is 11.7 Å². The normalized spacial score (nSPS) is 16.8. The summed E-state index contributed by atoms with van der Waals surface area (Å²) in [7, 11) is 0. The zero-order valence-electron chi connectivity index (χ0n) is 14.7. The number of hydrogen-bond acceptors (Lipinski definition) is 3. The van der Waals surface area contributed by atoms with Crippen LogP contribution < -0.4 is 0 Å². The molecule has 0 bridgehead atoms. The molecule has 2 heterocycles. The van der Waals surface area contributed by atoms with Crippen LogP contribution >= 0.6 is 0 Å². The molecule has 1 aromatic heterocycles. The number of aromatic nitrogens is 1. The molecular formula is C22H22N2O2. The number of nitrogens with zero attached hydrogens (tertiary/aromatic N) is 2. The quantitative estimate of drug-likeness (QED) is 0.676. The van der Waals surface area contributed by atoms with E-state index in [0.29, 0.717) is 18.7 Å². The monoisotopic (exact) mass is 346 g/mol. The Morgan fingerprint density at radius 2 is 1.81 bits per heavy atom. The maximum absolute atomic E-state index is 12.7. The second kappa shape index (κ2) is 7.56. The molecule has 0 aliphatic carbocycles. The predicted octanol–water partition coefficient (Wildman–Crippen LogP) is 4.64. The van der Waals surface area contributed by atoms with Crippen LogP contribution in [0.4, 0.5) is 0 Å². The minimum atomic E-state index is 0.177. The lowest BCUT2D eigenvalue weighted by Gasteiger charge is -2.25. The summed E-state index contributed by atoms with van der Waals surface area (Å²) in [5.41, 5.74) is 2.22. The number of likely N-dealkylation sites (tertiary alicyclic amines) is 1. The lowest BCUT2D eigenvalue weighted by Crippen LogP contribution is -2.30.